The third-order valence-electron chi connectivity index (χ3n) is 4.17. The molecule has 0 spiro atoms. The molecule has 4 rings (SSSR count). The van der Waals surface area contributed by atoms with Gasteiger partial charge in [-0.05, 0) is 0 Å². The van der Waals surface area contributed by atoms with Crippen molar-refractivity contribution in [2.75, 3.05) is 0 Å². The van der Waals surface area contributed by atoms with Crippen molar-refractivity contribution in [2.24, 2.45) is 0 Å². The molecule has 0 bridgehead atoms. The molecule has 3 aromatic carbocycles. The molecule has 0 amide bonds. The molecule has 0 aliphatic carbocycles. The van der Waals surface area contributed by atoms with Crippen molar-refractivity contribution in [1.82, 2.24) is 0 Å². The van der Waals surface area contributed by atoms with E-state index in [1.165, 1.54) is 0 Å². The Labute approximate surface area is 136 Å². The molecule has 4 heteroatoms. The average Bonchev–Trinajstić information content (AvgIpc) is 2.61. The van der Waals surface area contributed by atoms with Crippen LogP contribution in [0.1, 0.15) is 0 Å². The monoisotopic (exact) mass is 412 g/mol. The van der Waals surface area contributed by atoms with Crippen molar-refractivity contribution in [3.63, 3.8) is 0 Å². The summed E-state index contributed by atoms with van der Waals surface area (Å²) in [6.07, 6.45) is -0.594. The molecule has 0 aromatic heterocycles. The van der Waals surface area contributed by atoms with Crippen LogP contribution in [0.25, 0.3) is 0 Å². The summed E-state index contributed by atoms with van der Waals surface area (Å²) in [6, 6.07) is 29.5. The summed E-state index contributed by atoms with van der Waals surface area (Å²) >= 11 is -4.66. The van der Waals surface area contributed by atoms with Crippen LogP contribution in [0.15, 0.2) is 91.0 Å². The zero-order valence-electron chi connectivity index (χ0n) is 12.3. The molecular weight excluding hydrogens is 398 g/mol. The molecule has 3 nitrogen and oxygen atoms in total. The van der Waals surface area contributed by atoms with Crippen LogP contribution in [-0.2, 0) is 6.03 Å². The summed E-state index contributed by atoms with van der Waals surface area (Å²) in [5.74, 6) is 0. The van der Waals surface area contributed by atoms with Crippen molar-refractivity contribution in [2.45, 2.75) is 0 Å². The van der Waals surface area contributed by atoms with E-state index in [4.69, 9.17) is 6.03 Å². The van der Waals surface area contributed by atoms with Gasteiger partial charge in [-0.2, -0.15) is 0 Å². The van der Waals surface area contributed by atoms with Gasteiger partial charge in [-0.15, -0.1) is 0 Å². The SMILES string of the molecule is O=C1[O][Sb]([c]2ccccc2)([c]2ccccc2)([c]2ccccc2)[O]1. The van der Waals surface area contributed by atoms with Gasteiger partial charge in [-0.1, -0.05) is 0 Å². The minimum absolute atomic E-state index is 0.594. The molecule has 0 radical (unpaired) electrons. The predicted molar refractivity (Wildman–Crippen MR) is 91.5 cm³/mol. The van der Waals surface area contributed by atoms with Crippen molar-refractivity contribution < 1.29 is 10.8 Å². The van der Waals surface area contributed by atoms with E-state index in [2.05, 4.69) is 0 Å². The van der Waals surface area contributed by atoms with E-state index in [0.717, 1.165) is 10.5 Å². The minimum atomic E-state index is -4.66. The van der Waals surface area contributed by atoms with Crippen LogP contribution in [0.3, 0.4) is 0 Å². The molecule has 0 N–H and O–H groups in total. The van der Waals surface area contributed by atoms with E-state index >= 15 is 0 Å². The predicted octanol–water partition coefficient (Wildman–Crippen LogP) is 2.27. The Morgan fingerprint density at radius 3 is 1.09 bits per heavy atom. The Kier molecular flexibility index (Phi) is 3.21. The van der Waals surface area contributed by atoms with Gasteiger partial charge in [0.05, 0.1) is 0 Å². The number of carbonyl (C=O) groups is 1. The van der Waals surface area contributed by atoms with Crippen molar-refractivity contribution in [1.29, 1.82) is 0 Å². The van der Waals surface area contributed by atoms with Crippen LogP contribution in [0.5, 0.6) is 0 Å². The fourth-order valence-corrected chi connectivity index (χ4v) is 15.3. The van der Waals surface area contributed by atoms with E-state index in [1.807, 2.05) is 91.0 Å². The Bertz CT molecular complexity index is 736. The van der Waals surface area contributed by atoms with Crippen LogP contribution in [0, 0.1) is 0 Å². The molecular formula is C19H15O3Sb. The second-order valence-corrected chi connectivity index (χ2v) is 16.3. The molecule has 3 aromatic rings. The molecule has 0 atom stereocenters. The number of hydrogen-bond acceptors (Lipinski definition) is 3. The fourth-order valence-electron chi connectivity index (χ4n) is 3.15. The second kappa shape index (κ2) is 5.14. The van der Waals surface area contributed by atoms with Crippen molar-refractivity contribution in [3.8, 4) is 0 Å². The van der Waals surface area contributed by atoms with Gasteiger partial charge in [0.15, 0.2) is 0 Å². The Morgan fingerprint density at radius 1 is 0.522 bits per heavy atom. The standard InChI is InChI=1S/3C6H5.CH2O3.Sb/c3*1-2-4-6-5-3-1;2-1(3)4;/h3*1-5H;(H2,2,3,4);/q;;;;+2/p-2. The maximum absolute atomic E-state index is 11.8. The topological polar surface area (TPSA) is 35.5 Å². The number of carbonyl (C=O) groups excluding carboxylic acids is 1. The molecule has 23 heavy (non-hydrogen) atoms. The molecule has 114 valence electrons. The second-order valence-electron chi connectivity index (χ2n) is 5.40. The first-order valence-corrected chi connectivity index (χ1v) is 13.3. The van der Waals surface area contributed by atoms with Gasteiger partial charge in [0.1, 0.15) is 0 Å². The van der Waals surface area contributed by atoms with Gasteiger partial charge in [-0.3, -0.25) is 0 Å². The van der Waals surface area contributed by atoms with E-state index in [9.17, 15) is 4.79 Å². The van der Waals surface area contributed by atoms with Gasteiger partial charge < -0.3 is 0 Å². The number of benzene rings is 3. The number of hydrogen-bond donors (Lipinski definition) is 0. The summed E-state index contributed by atoms with van der Waals surface area (Å²) in [7, 11) is 0. The molecule has 0 unspecified atom stereocenters. The zero-order chi connectivity index (χ0) is 15.8. The van der Waals surface area contributed by atoms with E-state index < -0.39 is 24.4 Å². The Hall–Kier alpha value is -2.25. The summed E-state index contributed by atoms with van der Waals surface area (Å²) in [5.41, 5.74) is 0. The van der Waals surface area contributed by atoms with Crippen LogP contribution < -0.4 is 10.5 Å². The molecule has 0 saturated carbocycles. The van der Waals surface area contributed by atoms with Gasteiger partial charge in [0.2, 0.25) is 0 Å². The fraction of sp³-hybridized carbons (Fsp3) is 0. The van der Waals surface area contributed by atoms with Crippen molar-refractivity contribution in [3.05, 3.63) is 91.0 Å². The third kappa shape index (κ3) is 1.87. The quantitative estimate of drug-likeness (QED) is 0.619. The zero-order valence-corrected chi connectivity index (χ0v) is 14.9. The average molecular weight is 413 g/mol. The van der Waals surface area contributed by atoms with E-state index in [0.29, 0.717) is 0 Å². The maximum atomic E-state index is 11.8. The van der Waals surface area contributed by atoms with Gasteiger partial charge in [-0.25, -0.2) is 0 Å². The van der Waals surface area contributed by atoms with Gasteiger partial charge >= 0.3 is 137 Å². The molecule has 1 heterocycles. The third-order valence-corrected chi connectivity index (χ3v) is 17.6. The van der Waals surface area contributed by atoms with Crippen LogP contribution in [0.2, 0.25) is 0 Å². The molecule has 1 aliphatic heterocycles. The first kappa shape index (κ1) is 14.3. The summed E-state index contributed by atoms with van der Waals surface area (Å²) < 4.78 is 14.9. The van der Waals surface area contributed by atoms with Crippen LogP contribution in [-0.4, -0.2) is 24.4 Å². The Morgan fingerprint density at radius 2 is 0.826 bits per heavy atom. The first-order valence-electron chi connectivity index (χ1n) is 7.38. The number of rotatable bonds is 3. The van der Waals surface area contributed by atoms with Crippen LogP contribution in [0.4, 0.5) is 4.79 Å². The summed E-state index contributed by atoms with van der Waals surface area (Å²) in [5, 5.41) is 0. The molecule has 1 fully saturated rings. The molecule has 1 saturated heterocycles. The van der Waals surface area contributed by atoms with Crippen molar-refractivity contribution >= 4 is 34.9 Å². The van der Waals surface area contributed by atoms with Gasteiger partial charge in [0, 0.05) is 0 Å². The molecule has 1 aliphatic rings. The summed E-state index contributed by atoms with van der Waals surface area (Å²) in [6.45, 7) is 0. The summed E-state index contributed by atoms with van der Waals surface area (Å²) in [4.78, 5) is 11.8. The van der Waals surface area contributed by atoms with Crippen LogP contribution >= 0.6 is 0 Å². The first-order chi connectivity index (χ1) is 11.3. The van der Waals surface area contributed by atoms with Gasteiger partial charge in [0.25, 0.3) is 0 Å². The Balaban J connectivity index is 2.11. The van der Waals surface area contributed by atoms with E-state index in [1.54, 1.807) is 0 Å². The normalized spacial score (nSPS) is 19.3. The van der Waals surface area contributed by atoms with E-state index in [-0.39, 0.29) is 0 Å².